The van der Waals surface area contributed by atoms with Crippen molar-refractivity contribution in [3.05, 3.63) is 59.7 Å². The molecule has 0 radical (unpaired) electrons. The normalized spacial score (nSPS) is 16.0. The zero-order chi connectivity index (χ0) is 23.4. The highest BCUT2D eigenvalue weighted by Crippen LogP contribution is 2.30. The maximum atomic E-state index is 12.8. The molecule has 1 N–H and O–H groups in total. The number of carbonyl (C=O) groups is 3. The molecule has 0 bridgehead atoms. The van der Waals surface area contributed by atoms with E-state index >= 15 is 0 Å². The van der Waals surface area contributed by atoms with Crippen LogP contribution >= 0.6 is 0 Å². The second-order valence-electron chi connectivity index (χ2n) is 9.03. The Morgan fingerprint density at radius 2 is 1.64 bits per heavy atom. The molecule has 4 rings (SSSR count). The molecule has 2 aromatic rings. The highest BCUT2D eigenvalue weighted by atomic mass is 16.5. The van der Waals surface area contributed by atoms with Crippen molar-refractivity contribution < 1.29 is 19.1 Å². The summed E-state index contributed by atoms with van der Waals surface area (Å²) in [4.78, 5) is 40.8. The van der Waals surface area contributed by atoms with Crippen LogP contribution in [-0.2, 0) is 9.59 Å². The van der Waals surface area contributed by atoms with Gasteiger partial charge in [-0.15, -0.1) is 0 Å². The van der Waals surface area contributed by atoms with Crippen LogP contribution in [0.25, 0.3) is 0 Å². The molecule has 0 unspecified atom stereocenters. The number of hydrogen-bond acceptors (Lipinski definition) is 4. The van der Waals surface area contributed by atoms with Crippen LogP contribution in [0.3, 0.4) is 0 Å². The zero-order valence-electron chi connectivity index (χ0n) is 19.3. The van der Waals surface area contributed by atoms with E-state index in [1.54, 1.807) is 28.0 Å². The smallest absolute Gasteiger partial charge is 0.260 e. The van der Waals surface area contributed by atoms with Gasteiger partial charge in [-0.1, -0.05) is 32.0 Å². The fourth-order valence-corrected chi connectivity index (χ4v) is 3.84. The van der Waals surface area contributed by atoms with Crippen molar-refractivity contribution in [3.63, 3.8) is 0 Å². The van der Waals surface area contributed by atoms with E-state index in [1.807, 2.05) is 30.3 Å². The number of ether oxygens (including phenoxy) is 1. The molecule has 1 aliphatic carbocycles. The molecule has 1 saturated carbocycles. The molecule has 1 aliphatic heterocycles. The van der Waals surface area contributed by atoms with Crippen LogP contribution in [-0.4, -0.2) is 60.3 Å². The third kappa shape index (κ3) is 5.92. The van der Waals surface area contributed by atoms with E-state index in [4.69, 9.17) is 4.74 Å². The fourth-order valence-electron chi connectivity index (χ4n) is 3.84. The Bertz CT molecular complexity index is 1010. The van der Waals surface area contributed by atoms with Gasteiger partial charge in [-0.2, -0.15) is 0 Å². The third-order valence-corrected chi connectivity index (χ3v) is 6.16. The van der Waals surface area contributed by atoms with Crippen molar-refractivity contribution in [2.75, 3.05) is 38.1 Å². The molecule has 3 amide bonds. The Kier molecular flexibility index (Phi) is 6.96. The van der Waals surface area contributed by atoms with Crippen LogP contribution in [0.5, 0.6) is 5.75 Å². The average Bonchev–Trinajstić information content (AvgIpc) is 3.68. The average molecular weight is 450 g/mol. The van der Waals surface area contributed by atoms with Crippen LogP contribution in [0.15, 0.2) is 48.5 Å². The number of piperazine rings is 1. The van der Waals surface area contributed by atoms with E-state index in [0.29, 0.717) is 49.1 Å². The number of rotatable bonds is 7. The molecule has 0 atom stereocenters. The number of nitrogens with one attached hydrogen (secondary N) is 1. The maximum absolute atomic E-state index is 12.8. The first-order valence-corrected chi connectivity index (χ1v) is 11.6. The van der Waals surface area contributed by atoms with E-state index in [1.165, 1.54) is 5.56 Å². The largest absolute Gasteiger partial charge is 0.484 e. The highest BCUT2D eigenvalue weighted by Gasteiger charge is 2.29. The molecule has 33 heavy (non-hydrogen) atoms. The van der Waals surface area contributed by atoms with Crippen molar-refractivity contribution in [2.45, 2.75) is 32.6 Å². The monoisotopic (exact) mass is 449 g/mol. The Labute approximate surface area is 194 Å². The van der Waals surface area contributed by atoms with E-state index < -0.39 is 0 Å². The Morgan fingerprint density at radius 1 is 0.970 bits per heavy atom. The maximum Gasteiger partial charge on any atom is 0.260 e. The predicted molar refractivity (Wildman–Crippen MR) is 126 cm³/mol. The van der Waals surface area contributed by atoms with Gasteiger partial charge in [-0.3, -0.25) is 14.4 Å². The molecular formula is C26H31N3O4. The summed E-state index contributed by atoms with van der Waals surface area (Å²) in [5.41, 5.74) is 2.55. The second kappa shape index (κ2) is 10.1. The lowest BCUT2D eigenvalue weighted by atomic mass is 10.0. The molecule has 0 spiro atoms. The van der Waals surface area contributed by atoms with Crippen molar-refractivity contribution in [3.8, 4) is 5.75 Å². The van der Waals surface area contributed by atoms with Crippen molar-refractivity contribution in [2.24, 2.45) is 5.92 Å². The molecule has 0 aromatic heterocycles. The van der Waals surface area contributed by atoms with Gasteiger partial charge in [-0.25, -0.2) is 0 Å². The van der Waals surface area contributed by atoms with Gasteiger partial charge in [0.25, 0.3) is 11.8 Å². The molecule has 2 fully saturated rings. The van der Waals surface area contributed by atoms with Gasteiger partial charge in [0, 0.05) is 49.4 Å². The van der Waals surface area contributed by atoms with Gasteiger partial charge in [0.1, 0.15) is 5.75 Å². The molecule has 7 heteroatoms. The second-order valence-corrected chi connectivity index (χ2v) is 9.03. The molecule has 2 aliphatic rings. The molecule has 2 aromatic carbocycles. The first-order valence-electron chi connectivity index (χ1n) is 11.6. The summed E-state index contributed by atoms with van der Waals surface area (Å²) >= 11 is 0. The van der Waals surface area contributed by atoms with E-state index in [0.717, 1.165) is 12.8 Å². The molecule has 174 valence electrons. The third-order valence-electron chi connectivity index (χ3n) is 6.16. The minimum absolute atomic E-state index is 0.00119. The summed E-state index contributed by atoms with van der Waals surface area (Å²) in [5.74, 6) is 1.01. The summed E-state index contributed by atoms with van der Waals surface area (Å²) in [7, 11) is 0. The lowest BCUT2D eigenvalue weighted by Crippen LogP contribution is -2.51. The van der Waals surface area contributed by atoms with E-state index in [2.05, 4.69) is 19.2 Å². The predicted octanol–water partition coefficient (Wildman–Crippen LogP) is 3.52. The van der Waals surface area contributed by atoms with Crippen LogP contribution in [0.4, 0.5) is 5.69 Å². The number of amides is 3. The summed E-state index contributed by atoms with van der Waals surface area (Å²) in [5, 5.41) is 2.88. The van der Waals surface area contributed by atoms with E-state index in [9.17, 15) is 14.4 Å². The number of hydrogen-bond donors (Lipinski definition) is 1. The SMILES string of the molecule is CC(C)c1ccc(C(=O)N2CCN(C(=O)COc3cccc(NC(=O)C4CC4)c3)CC2)cc1. The number of nitrogens with zero attached hydrogens (tertiary/aromatic N) is 2. The lowest BCUT2D eigenvalue weighted by Gasteiger charge is -2.34. The Balaban J connectivity index is 1.24. The minimum Gasteiger partial charge on any atom is -0.484 e. The standard InChI is InChI=1S/C26H31N3O4/c1-18(2)19-6-10-21(11-7-19)26(32)29-14-12-28(13-15-29)24(30)17-33-23-5-3-4-22(16-23)27-25(31)20-8-9-20/h3-7,10-11,16,18,20H,8-9,12-15,17H2,1-2H3,(H,27,31). The van der Waals surface area contributed by atoms with Gasteiger partial charge in [-0.05, 0) is 48.6 Å². The Morgan fingerprint density at radius 3 is 2.27 bits per heavy atom. The molecule has 7 nitrogen and oxygen atoms in total. The first kappa shape index (κ1) is 22.8. The highest BCUT2D eigenvalue weighted by molar-refractivity contribution is 5.95. The van der Waals surface area contributed by atoms with Gasteiger partial charge < -0.3 is 19.9 Å². The summed E-state index contributed by atoms with van der Waals surface area (Å²) in [6.45, 7) is 6.13. The van der Waals surface area contributed by atoms with Crippen LogP contribution < -0.4 is 10.1 Å². The first-order chi connectivity index (χ1) is 15.9. The number of anilines is 1. The summed E-state index contributed by atoms with van der Waals surface area (Å²) in [6.07, 6.45) is 1.89. The lowest BCUT2D eigenvalue weighted by molar-refractivity contribution is -0.134. The quantitative estimate of drug-likeness (QED) is 0.702. The van der Waals surface area contributed by atoms with E-state index in [-0.39, 0.29) is 30.2 Å². The topological polar surface area (TPSA) is 79.0 Å². The van der Waals surface area contributed by atoms with Gasteiger partial charge in [0.2, 0.25) is 5.91 Å². The van der Waals surface area contributed by atoms with Crippen LogP contribution in [0.2, 0.25) is 0 Å². The van der Waals surface area contributed by atoms with Gasteiger partial charge in [0.15, 0.2) is 6.61 Å². The van der Waals surface area contributed by atoms with Crippen LogP contribution in [0, 0.1) is 5.92 Å². The molecule has 1 heterocycles. The minimum atomic E-state index is -0.115. The zero-order valence-corrected chi connectivity index (χ0v) is 19.3. The fraction of sp³-hybridized carbons (Fsp3) is 0.423. The van der Waals surface area contributed by atoms with Crippen molar-refractivity contribution in [1.82, 2.24) is 9.80 Å². The van der Waals surface area contributed by atoms with Gasteiger partial charge in [0.05, 0.1) is 0 Å². The van der Waals surface area contributed by atoms with Crippen LogP contribution in [0.1, 0.15) is 48.5 Å². The molecule has 1 saturated heterocycles. The van der Waals surface area contributed by atoms with Crippen molar-refractivity contribution in [1.29, 1.82) is 0 Å². The number of benzene rings is 2. The summed E-state index contributed by atoms with van der Waals surface area (Å²) < 4.78 is 5.67. The van der Waals surface area contributed by atoms with Crippen molar-refractivity contribution >= 4 is 23.4 Å². The Hall–Kier alpha value is -3.35. The van der Waals surface area contributed by atoms with Gasteiger partial charge >= 0.3 is 0 Å². The summed E-state index contributed by atoms with van der Waals surface area (Å²) in [6, 6.07) is 14.9. The molecular weight excluding hydrogens is 418 g/mol. The number of carbonyl (C=O) groups excluding carboxylic acids is 3.